The van der Waals surface area contributed by atoms with E-state index in [-0.39, 0.29) is 0 Å². The van der Waals surface area contributed by atoms with Crippen LogP contribution in [0.3, 0.4) is 0 Å². The highest BCUT2D eigenvalue weighted by Crippen LogP contribution is 2.33. The van der Waals surface area contributed by atoms with E-state index in [4.69, 9.17) is 0 Å². The molecule has 2 unspecified atom stereocenters. The summed E-state index contributed by atoms with van der Waals surface area (Å²) in [6.45, 7) is 7.54. The van der Waals surface area contributed by atoms with Crippen LogP contribution in [0.25, 0.3) is 0 Å². The Kier molecular flexibility index (Phi) is 5.32. The van der Waals surface area contributed by atoms with Gasteiger partial charge >= 0.3 is 0 Å². The second-order valence-corrected chi connectivity index (χ2v) is 6.02. The van der Waals surface area contributed by atoms with Crippen LogP contribution in [0.2, 0.25) is 0 Å². The molecule has 0 fully saturated rings. The van der Waals surface area contributed by atoms with E-state index in [0.717, 1.165) is 11.0 Å². The predicted octanol–water partition coefficient (Wildman–Crippen LogP) is 4.61. The molecule has 0 spiro atoms. The average Bonchev–Trinajstić information content (AvgIpc) is 2.48. The number of nitrogens with zero attached hydrogens (tertiary/aromatic N) is 1. The summed E-state index contributed by atoms with van der Waals surface area (Å²) in [6, 6.07) is 11.0. The third-order valence-corrected chi connectivity index (χ3v) is 4.23. The molecule has 20 heavy (non-hydrogen) atoms. The first-order chi connectivity index (χ1) is 9.63. The number of aromatic nitrogens is 1. The van der Waals surface area contributed by atoms with Crippen molar-refractivity contribution in [1.29, 1.82) is 0 Å². The highest BCUT2D eigenvalue weighted by atomic mass is 79.9. The molecule has 1 heterocycles. The standard InChI is InChI=1S/C17H21BrN2/c1-4-20-17(13(3)14-7-9-19-10-8-14)16-11-15(18)6-5-12(16)2/h5-11,13,17,20H,4H2,1-3H3. The number of hydrogen-bond acceptors (Lipinski definition) is 2. The summed E-state index contributed by atoms with van der Waals surface area (Å²) in [4.78, 5) is 4.11. The second-order valence-electron chi connectivity index (χ2n) is 5.11. The van der Waals surface area contributed by atoms with Crippen molar-refractivity contribution in [3.8, 4) is 0 Å². The van der Waals surface area contributed by atoms with E-state index in [2.05, 4.69) is 77.3 Å². The zero-order chi connectivity index (χ0) is 14.5. The van der Waals surface area contributed by atoms with Gasteiger partial charge in [0, 0.05) is 28.8 Å². The van der Waals surface area contributed by atoms with Crippen molar-refractivity contribution >= 4 is 15.9 Å². The molecule has 0 aliphatic heterocycles. The summed E-state index contributed by atoms with van der Waals surface area (Å²) in [6.07, 6.45) is 3.73. The Balaban J connectivity index is 2.38. The number of aryl methyl sites for hydroxylation is 1. The highest BCUT2D eigenvalue weighted by Gasteiger charge is 2.21. The van der Waals surface area contributed by atoms with E-state index in [0.29, 0.717) is 12.0 Å². The number of benzene rings is 1. The van der Waals surface area contributed by atoms with E-state index >= 15 is 0 Å². The Labute approximate surface area is 129 Å². The first kappa shape index (κ1) is 15.2. The number of likely N-dealkylation sites (N-methyl/N-ethyl adjacent to an activating group) is 1. The van der Waals surface area contributed by atoms with Crippen molar-refractivity contribution in [3.05, 3.63) is 63.9 Å². The van der Waals surface area contributed by atoms with Crippen molar-refractivity contribution in [2.24, 2.45) is 0 Å². The molecule has 0 aliphatic carbocycles. The molecule has 106 valence electrons. The summed E-state index contributed by atoms with van der Waals surface area (Å²) < 4.78 is 1.13. The fraction of sp³-hybridized carbons (Fsp3) is 0.353. The number of nitrogens with one attached hydrogen (secondary N) is 1. The molecule has 2 aromatic rings. The van der Waals surface area contributed by atoms with Gasteiger partial charge in [0.1, 0.15) is 0 Å². The number of rotatable bonds is 5. The molecule has 0 saturated carbocycles. The monoisotopic (exact) mass is 332 g/mol. The van der Waals surface area contributed by atoms with Gasteiger partial charge in [0.25, 0.3) is 0 Å². The first-order valence-electron chi connectivity index (χ1n) is 7.02. The Hall–Kier alpha value is -1.19. The third kappa shape index (κ3) is 3.47. The highest BCUT2D eigenvalue weighted by molar-refractivity contribution is 9.10. The van der Waals surface area contributed by atoms with Gasteiger partial charge in [-0.25, -0.2) is 0 Å². The lowest BCUT2D eigenvalue weighted by atomic mass is 9.87. The molecule has 1 aromatic heterocycles. The van der Waals surface area contributed by atoms with Crippen LogP contribution in [-0.4, -0.2) is 11.5 Å². The zero-order valence-corrected chi connectivity index (χ0v) is 13.8. The molecule has 0 bridgehead atoms. The minimum absolute atomic E-state index is 0.305. The second kappa shape index (κ2) is 7.00. The van der Waals surface area contributed by atoms with Gasteiger partial charge in [-0.05, 0) is 54.4 Å². The smallest absolute Gasteiger partial charge is 0.0389 e. The Morgan fingerprint density at radius 1 is 1.20 bits per heavy atom. The SMILES string of the molecule is CCNC(c1cc(Br)ccc1C)C(C)c1ccncc1. The van der Waals surface area contributed by atoms with Gasteiger partial charge in [-0.1, -0.05) is 35.8 Å². The summed E-state index contributed by atoms with van der Waals surface area (Å²) >= 11 is 3.58. The van der Waals surface area contributed by atoms with Gasteiger partial charge in [0.2, 0.25) is 0 Å². The fourth-order valence-corrected chi connectivity index (χ4v) is 2.96. The fourth-order valence-electron chi connectivity index (χ4n) is 2.58. The Morgan fingerprint density at radius 2 is 1.90 bits per heavy atom. The van der Waals surface area contributed by atoms with Crippen LogP contribution in [0.15, 0.2) is 47.2 Å². The first-order valence-corrected chi connectivity index (χ1v) is 7.82. The summed E-state index contributed by atoms with van der Waals surface area (Å²) in [5, 5.41) is 3.62. The van der Waals surface area contributed by atoms with E-state index in [1.165, 1.54) is 16.7 Å². The van der Waals surface area contributed by atoms with Gasteiger partial charge in [-0.2, -0.15) is 0 Å². The van der Waals surface area contributed by atoms with E-state index in [9.17, 15) is 0 Å². The lowest BCUT2D eigenvalue weighted by molar-refractivity contribution is 0.477. The molecule has 1 aromatic carbocycles. The molecular weight excluding hydrogens is 312 g/mol. The van der Waals surface area contributed by atoms with Crippen LogP contribution >= 0.6 is 15.9 Å². The minimum Gasteiger partial charge on any atom is -0.310 e. The largest absolute Gasteiger partial charge is 0.310 e. The molecule has 0 saturated heterocycles. The normalized spacial score (nSPS) is 14.0. The molecule has 2 nitrogen and oxygen atoms in total. The molecular formula is C17H21BrN2. The molecule has 3 heteroatoms. The van der Waals surface area contributed by atoms with Crippen molar-refractivity contribution in [1.82, 2.24) is 10.3 Å². The number of halogens is 1. The van der Waals surface area contributed by atoms with Crippen molar-refractivity contribution in [3.63, 3.8) is 0 Å². The maximum absolute atomic E-state index is 4.11. The van der Waals surface area contributed by atoms with E-state index in [1.54, 1.807) is 0 Å². The summed E-state index contributed by atoms with van der Waals surface area (Å²) in [5.74, 6) is 0.394. The average molecular weight is 333 g/mol. The maximum Gasteiger partial charge on any atom is 0.0389 e. The lowest BCUT2D eigenvalue weighted by Crippen LogP contribution is -2.26. The quantitative estimate of drug-likeness (QED) is 0.864. The van der Waals surface area contributed by atoms with Gasteiger partial charge in [0.05, 0.1) is 0 Å². The van der Waals surface area contributed by atoms with Gasteiger partial charge in [-0.15, -0.1) is 0 Å². The molecule has 0 radical (unpaired) electrons. The van der Waals surface area contributed by atoms with Crippen LogP contribution in [0.5, 0.6) is 0 Å². The minimum atomic E-state index is 0.305. The maximum atomic E-state index is 4.11. The van der Waals surface area contributed by atoms with Crippen LogP contribution in [0.1, 0.15) is 42.5 Å². The van der Waals surface area contributed by atoms with E-state index < -0.39 is 0 Å². The third-order valence-electron chi connectivity index (χ3n) is 3.73. The van der Waals surface area contributed by atoms with Crippen LogP contribution < -0.4 is 5.32 Å². The van der Waals surface area contributed by atoms with Gasteiger partial charge < -0.3 is 5.32 Å². The van der Waals surface area contributed by atoms with Crippen molar-refractivity contribution in [2.45, 2.75) is 32.7 Å². The molecule has 1 N–H and O–H groups in total. The van der Waals surface area contributed by atoms with Crippen molar-refractivity contribution < 1.29 is 0 Å². The molecule has 2 rings (SSSR count). The lowest BCUT2D eigenvalue weighted by Gasteiger charge is -2.27. The molecule has 0 amide bonds. The van der Waals surface area contributed by atoms with Crippen LogP contribution in [0.4, 0.5) is 0 Å². The predicted molar refractivity (Wildman–Crippen MR) is 87.9 cm³/mol. The van der Waals surface area contributed by atoms with E-state index in [1.807, 2.05) is 12.4 Å². The molecule has 2 atom stereocenters. The Morgan fingerprint density at radius 3 is 2.55 bits per heavy atom. The Bertz CT molecular complexity index is 554. The summed E-state index contributed by atoms with van der Waals surface area (Å²) in [7, 11) is 0. The van der Waals surface area contributed by atoms with Crippen LogP contribution in [-0.2, 0) is 0 Å². The summed E-state index contributed by atoms with van der Waals surface area (Å²) in [5.41, 5.74) is 3.98. The van der Waals surface area contributed by atoms with Crippen molar-refractivity contribution in [2.75, 3.05) is 6.54 Å². The number of hydrogen-bond donors (Lipinski definition) is 1. The topological polar surface area (TPSA) is 24.9 Å². The van der Waals surface area contributed by atoms with Crippen LogP contribution in [0, 0.1) is 6.92 Å². The van der Waals surface area contributed by atoms with Gasteiger partial charge in [0.15, 0.2) is 0 Å². The number of pyridine rings is 1. The molecule has 0 aliphatic rings. The zero-order valence-electron chi connectivity index (χ0n) is 12.2. The van der Waals surface area contributed by atoms with Gasteiger partial charge in [-0.3, -0.25) is 4.98 Å².